The van der Waals surface area contributed by atoms with Gasteiger partial charge in [-0.2, -0.15) is 0 Å². The van der Waals surface area contributed by atoms with Crippen LogP contribution in [0.25, 0.3) is 0 Å². The van der Waals surface area contributed by atoms with Crippen LogP contribution in [0.3, 0.4) is 0 Å². The van der Waals surface area contributed by atoms with Crippen LogP contribution in [-0.4, -0.2) is 37.2 Å². The van der Waals surface area contributed by atoms with E-state index in [0.29, 0.717) is 19.3 Å². The summed E-state index contributed by atoms with van der Waals surface area (Å²) in [5.74, 6) is -0.966. The lowest BCUT2D eigenvalue weighted by Crippen LogP contribution is -2.30. The van der Waals surface area contributed by atoms with Gasteiger partial charge in [0.2, 0.25) is 0 Å². The highest BCUT2D eigenvalue weighted by Crippen LogP contribution is 2.16. The van der Waals surface area contributed by atoms with Crippen molar-refractivity contribution in [3.05, 3.63) is 109 Å². The highest BCUT2D eigenvalue weighted by molar-refractivity contribution is 5.71. The second kappa shape index (κ2) is 66.6. The van der Waals surface area contributed by atoms with Gasteiger partial charge in [0.1, 0.15) is 13.2 Å². The average Bonchev–Trinajstić information content (AvgIpc) is 3.45. The van der Waals surface area contributed by atoms with Crippen molar-refractivity contribution in [1.82, 2.24) is 0 Å². The third-order valence-electron chi connectivity index (χ3n) is 14.2. The molecule has 0 heterocycles. The molecule has 0 radical (unpaired) electrons. The lowest BCUT2D eigenvalue weighted by atomic mass is 10.0. The van der Waals surface area contributed by atoms with Gasteiger partial charge in [0.25, 0.3) is 0 Å². The Labute approximate surface area is 489 Å². The topological polar surface area (TPSA) is 78.9 Å². The summed E-state index contributed by atoms with van der Waals surface area (Å²) in [6.07, 6.45) is 91.1. The summed E-state index contributed by atoms with van der Waals surface area (Å²) in [6, 6.07) is 0. The van der Waals surface area contributed by atoms with Crippen molar-refractivity contribution in [2.45, 2.75) is 322 Å². The lowest BCUT2D eigenvalue weighted by molar-refractivity contribution is -0.167. The van der Waals surface area contributed by atoms with Crippen LogP contribution >= 0.6 is 0 Å². The van der Waals surface area contributed by atoms with Crippen LogP contribution in [0.1, 0.15) is 316 Å². The van der Waals surface area contributed by atoms with Crippen molar-refractivity contribution < 1.29 is 28.6 Å². The molecule has 0 N–H and O–H groups in total. The van der Waals surface area contributed by atoms with Gasteiger partial charge in [-0.15, -0.1) is 0 Å². The Bertz CT molecular complexity index is 1590. The van der Waals surface area contributed by atoms with Gasteiger partial charge in [0, 0.05) is 19.3 Å². The van der Waals surface area contributed by atoms with E-state index in [0.717, 1.165) is 103 Å². The van der Waals surface area contributed by atoms with Gasteiger partial charge in [-0.3, -0.25) is 14.4 Å². The van der Waals surface area contributed by atoms with Crippen LogP contribution in [0, 0.1) is 0 Å². The van der Waals surface area contributed by atoms with Gasteiger partial charge in [-0.25, -0.2) is 0 Å². The molecule has 0 saturated carbocycles. The summed E-state index contributed by atoms with van der Waals surface area (Å²) in [6.45, 7) is 6.47. The number of allylic oxidation sites excluding steroid dienone is 18. The molecule has 6 nitrogen and oxygen atoms in total. The highest BCUT2D eigenvalue weighted by atomic mass is 16.6. The molecule has 1 atom stereocenters. The van der Waals surface area contributed by atoms with E-state index in [1.54, 1.807) is 0 Å². The number of carbonyl (C=O) groups excluding carboxylic acids is 3. The zero-order valence-electron chi connectivity index (χ0n) is 51.9. The van der Waals surface area contributed by atoms with Crippen molar-refractivity contribution in [2.75, 3.05) is 13.2 Å². The first-order valence-electron chi connectivity index (χ1n) is 33.4. The average molecular weight is 1100 g/mol. The van der Waals surface area contributed by atoms with E-state index in [-0.39, 0.29) is 37.5 Å². The summed E-state index contributed by atoms with van der Waals surface area (Å²) >= 11 is 0. The molecule has 6 heteroatoms. The molecule has 0 saturated heterocycles. The number of hydrogen-bond donors (Lipinski definition) is 0. The third kappa shape index (κ3) is 64.8. The Kier molecular flexibility index (Phi) is 63.3. The van der Waals surface area contributed by atoms with Crippen molar-refractivity contribution in [2.24, 2.45) is 0 Å². The van der Waals surface area contributed by atoms with E-state index < -0.39 is 6.10 Å². The van der Waals surface area contributed by atoms with Crippen molar-refractivity contribution in [3.63, 3.8) is 0 Å². The largest absolute Gasteiger partial charge is 0.462 e. The van der Waals surface area contributed by atoms with Crippen molar-refractivity contribution in [1.29, 1.82) is 0 Å². The summed E-state index contributed by atoms with van der Waals surface area (Å²) in [4.78, 5) is 38.4. The van der Waals surface area contributed by atoms with Gasteiger partial charge in [0.05, 0.1) is 0 Å². The molecule has 0 fully saturated rings. The molecule has 0 aromatic rings. The molecule has 0 aliphatic carbocycles. The first kappa shape index (κ1) is 75.1. The van der Waals surface area contributed by atoms with Crippen molar-refractivity contribution in [3.8, 4) is 0 Å². The molecule has 0 spiro atoms. The molecule has 0 bridgehead atoms. The van der Waals surface area contributed by atoms with E-state index >= 15 is 0 Å². The van der Waals surface area contributed by atoms with E-state index in [4.69, 9.17) is 14.2 Å². The quantitative estimate of drug-likeness (QED) is 0.0261. The molecule has 0 amide bonds. The van der Waals surface area contributed by atoms with E-state index in [2.05, 4.69) is 130 Å². The van der Waals surface area contributed by atoms with Crippen LogP contribution in [-0.2, 0) is 28.6 Å². The Hall–Kier alpha value is -3.93. The maximum absolute atomic E-state index is 12.9. The molecule has 79 heavy (non-hydrogen) atoms. The second-order valence-electron chi connectivity index (χ2n) is 22.0. The number of esters is 3. The van der Waals surface area contributed by atoms with Gasteiger partial charge in [-0.05, 0) is 122 Å². The van der Waals surface area contributed by atoms with Crippen LogP contribution in [0.2, 0.25) is 0 Å². The zero-order valence-corrected chi connectivity index (χ0v) is 51.9. The molecule has 0 aliphatic rings. The Morgan fingerprint density at radius 2 is 0.506 bits per heavy atom. The van der Waals surface area contributed by atoms with Gasteiger partial charge in [-0.1, -0.05) is 284 Å². The van der Waals surface area contributed by atoms with Crippen LogP contribution < -0.4 is 0 Å². The molecule has 0 rings (SSSR count). The minimum atomic E-state index is -0.812. The first-order valence-corrected chi connectivity index (χ1v) is 33.4. The normalized spacial score (nSPS) is 12.8. The number of hydrogen-bond acceptors (Lipinski definition) is 6. The van der Waals surface area contributed by atoms with E-state index in [1.165, 1.54) is 167 Å². The summed E-state index contributed by atoms with van der Waals surface area (Å²) < 4.78 is 16.9. The minimum Gasteiger partial charge on any atom is -0.462 e. The molecule has 452 valence electrons. The van der Waals surface area contributed by atoms with Gasteiger partial charge >= 0.3 is 17.9 Å². The van der Waals surface area contributed by atoms with Crippen LogP contribution in [0.5, 0.6) is 0 Å². The smallest absolute Gasteiger partial charge is 0.306 e. The molecular formula is C73H124O6. The fourth-order valence-corrected chi connectivity index (χ4v) is 9.25. The van der Waals surface area contributed by atoms with Gasteiger partial charge < -0.3 is 14.2 Å². The summed E-state index contributed by atoms with van der Waals surface area (Å²) in [5.41, 5.74) is 0. The molecule has 0 aromatic heterocycles. The maximum Gasteiger partial charge on any atom is 0.306 e. The monoisotopic (exact) mass is 1100 g/mol. The number of unbranched alkanes of at least 4 members (excludes halogenated alkanes) is 31. The SMILES string of the molecule is CC/C=C\C/C=C\C/C=C\C/C=C\C/C=C\CCCC(=O)OCC(COC(=O)CCCCCCCCCCCCCCC/C=C\CCCCCCCCCC)OC(=O)CCCCCCCC/C=C\C/C=C\C/C=C\CCCCC. The fourth-order valence-electron chi connectivity index (χ4n) is 9.25. The van der Waals surface area contributed by atoms with E-state index in [9.17, 15) is 14.4 Å². The minimum absolute atomic E-state index is 0.101. The molecule has 1 unspecified atom stereocenters. The van der Waals surface area contributed by atoms with Crippen LogP contribution in [0.15, 0.2) is 109 Å². The predicted molar refractivity (Wildman–Crippen MR) is 343 cm³/mol. The van der Waals surface area contributed by atoms with E-state index in [1.807, 2.05) is 0 Å². The zero-order chi connectivity index (χ0) is 57.1. The standard InChI is InChI=1S/C73H124O6/c1-4-7-10-13-16-19-22-25-28-31-33-34-35-36-37-38-40-42-45-48-51-54-57-60-63-66-72(75)78-69-70(68-77-71(74)65-62-59-56-53-50-47-44-41-30-27-24-21-18-15-12-9-6-3)79-73(76)67-64-61-58-55-52-49-46-43-39-32-29-26-23-20-17-14-11-8-5-2/h9,12,17-18,20-21,26-27,29-31,33,39,43-44,47,53,56,70H,4-8,10-11,13-16,19,22-25,28,32,34-38,40-42,45-46,48-52,54-55,57-69H2,1-3H3/b12-9-,20-17-,21-18-,29-26-,30-27-,33-31-,43-39-,47-44-,56-53-. The Morgan fingerprint density at radius 1 is 0.266 bits per heavy atom. The highest BCUT2D eigenvalue weighted by Gasteiger charge is 2.19. The first-order chi connectivity index (χ1) is 39.0. The van der Waals surface area contributed by atoms with Gasteiger partial charge in [0.15, 0.2) is 6.10 Å². The molecular weight excluding hydrogens is 973 g/mol. The molecule has 0 aromatic carbocycles. The summed E-state index contributed by atoms with van der Waals surface area (Å²) in [7, 11) is 0. The predicted octanol–water partition coefficient (Wildman–Crippen LogP) is 23.0. The molecule has 0 aliphatic heterocycles. The van der Waals surface area contributed by atoms with Crippen molar-refractivity contribution >= 4 is 17.9 Å². The number of carbonyl (C=O) groups is 3. The maximum atomic E-state index is 12.9. The second-order valence-corrected chi connectivity index (χ2v) is 22.0. The fraction of sp³-hybridized carbons (Fsp3) is 0.712. The summed E-state index contributed by atoms with van der Waals surface area (Å²) in [5, 5.41) is 0. The van der Waals surface area contributed by atoms with Crippen LogP contribution in [0.4, 0.5) is 0 Å². The Morgan fingerprint density at radius 3 is 0.861 bits per heavy atom. The third-order valence-corrected chi connectivity index (χ3v) is 14.2. The number of ether oxygens (including phenoxy) is 3. The Balaban J connectivity index is 4.41. The lowest BCUT2D eigenvalue weighted by Gasteiger charge is -2.18. The number of rotatable bonds is 60.